The van der Waals surface area contributed by atoms with Crippen LogP contribution in [0.15, 0.2) is 18.2 Å². The van der Waals surface area contributed by atoms with E-state index >= 15 is 0 Å². The highest BCUT2D eigenvalue weighted by Crippen LogP contribution is 2.28. The van der Waals surface area contributed by atoms with Gasteiger partial charge in [0.05, 0.1) is 13.2 Å². The highest BCUT2D eigenvalue weighted by Gasteiger charge is 2.35. The molecule has 1 saturated carbocycles. The van der Waals surface area contributed by atoms with Gasteiger partial charge >= 0.3 is 0 Å². The van der Waals surface area contributed by atoms with E-state index in [4.69, 9.17) is 14.2 Å². The molecule has 2 aliphatic rings. The molecule has 3 rings (SSSR count). The highest BCUT2D eigenvalue weighted by molar-refractivity contribution is 5.78. The molecule has 0 aromatic heterocycles. The number of hydrogen-bond acceptors (Lipinski definition) is 5. The van der Waals surface area contributed by atoms with Crippen LogP contribution in [0.25, 0.3) is 0 Å². The molecule has 2 fully saturated rings. The summed E-state index contributed by atoms with van der Waals surface area (Å²) in [5.41, 5.74) is 0.717. The van der Waals surface area contributed by atoms with Gasteiger partial charge < -0.3 is 24.8 Å². The molecule has 0 radical (unpaired) electrons. The number of nitrogens with one attached hydrogen (secondary N) is 2. The molecule has 156 valence electrons. The van der Waals surface area contributed by atoms with Gasteiger partial charge in [0, 0.05) is 44.9 Å². The van der Waals surface area contributed by atoms with Crippen LogP contribution >= 0.6 is 0 Å². The molecule has 2 N–H and O–H groups in total. The van der Waals surface area contributed by atoms with E-state index in [1.807, 2.05) is 0 Å². The van der Waals surface area contributed by atoms with E-state index in [9.17, 15) is 9.18 Å². The molecule has 7 heteroatoms. The average molecular weight is 394 g/mol. The Morgan fingerprint density at radius 2 is 2.00 bits per heavy atom. The molecule has 6 nitrogen and oxygen atoms in total. The number of amides is 1. The Bertz CT molecular complexity index is 651. The molecule has 0 spiro atoms. The molecule has 1 aromatic carbocycles. The molecule has 1 aliphatic carbocycles. The van der Waals surface area contributed by atoms with Gasteiger partial charge in [0.2, 0.25) is 5.91 Å². The predicted molar refractivity (Wildman–Crippen MR) is 104 cm³/mol. The fourth-order valence-electron chi connectivity index (χ4n) is 4.16. The van der Waals surface area contributed by atoms with Gasteiger partial charge in [-0.1, -0.05) is 6.07 Å². The van der Waals surface area contributed by atoms with Crippen LogP contribution in [0.3, 0.4) is 0 Å². The third-order valence-electron chi connectivity index (χ3n) is 5.81. The number of benzene rings is 1. The summed E-state index contributed by atoms with van der Waals surface area (Å²) < 4.78 is 29.8. The Kier molecular flexibility index (Phi) is 7.65. The van der Waals surface area contributed by atoms with Crippen LogP contribution in [0.2, 0.25) is 0 Å². The minimum absolute atomic E-state index is 0.0181. The second-order valence-corrected chi connectivity index (χ2v) is 7.63. The summed E-state index contributed by atoms with van der Waals surface area (Å²) in [6, 6.07) is 5.32. The quantitative estimate of drug-likeness (QED) is 0.743. The maximum absolute atomic E-state index is 13.8. The topological polar surface area (TPSA) is 68.8 Å². The molecule has 1 amide bonds. The zero-order valence-corrected chi connectivity index (χ0v) is 16.7. The van der Waals surface area contributed by atoms with E-state index < -0.39 is 5.82 Å². The van der Waals surface area contributed by atoms with Crippen molar-refractivity contribution >= 4 is 5.91 Å². The van der Waals surface area contributed by atoms with Crippen molar-refractivity contribution in [3.63, 3.8) is 0 Å². The van der Waals surface area contributed by atoms with Crippen LogP contribution < -0.4 is 15.4 Å². The lowest BCUT2D eigenvalue weighted by Crippen LogP contribution is -2.52. The third kappa shape index (κ3) is 5.43. The number of carbonyl (C=O) groups is 1. The lowest BCUT2D eigenvalue weighted by Gasteiger charge is -2.38. The van der Waals surface area contributed by atoms with E-state index in [2.05, 4.69) is 10.6 Å². The van der Waals surface area contributed by atoms with E-state index in [-0.39, 0.29) is 29.7 Å². The molecule has 1 saturated heterocycles. The minimum atomic E-state index is -0.421. The van der Waals surface area contributed by atoms with Crippen molar-refractivity contribution in [3.8, 4) is 5.75 Å². The van der Waals surface area contributed by atoms with Gasteiger partial charge in [0.15, 0.2) is 11.6 Å². The fourth-order valence-corrected chi connectivity index (χ4v) is 4.16. The van der Waals surface area contributed by atoms with Crippen LogP contribution in [0, 0.1) is 11.7 Å². The van der Waals surface area contributed by atoms with E-state index in [1.54, 1.807) is 19.2 Å². The summed E-state index contributed by atoms with van der Waals surface area (Å²) in [6.07, 6.45) is 4.51. The number of ether oxygens (including phenoxy) is 3. The molecule has 0 unspecified atom stereocenters. The standard InChI is InChI=1S/C21H31FN2O4/c1-26-19-5-3-14(11-17(19)22)13-23-21(25)15-4-6-20(27-2)18(12-15)24-16-7-9-28-10-8-16/h3,5,11,15-16,18,20,24H,4,6-10,12-13H2,1-2H3,(H,23,25)/t15-,18+,20+/m0/s1. The first-order valence-corrected chi connectivity index (χ1v) is 10.1. The van der Waals surface area contributed by atoms with Crippen LogP contribution in [-0.2, 0) is 20.8 Å². The van der Waals surface area contributed by atoms with Gasteiger partial charge in [-0.25, -0.2) is 4.39 Å². The van der Waals surface area contributed by atoms with E-state index in [1.165, 1.54) is 13.2 Å². The SMILES string of the molecule is COc1ccc(CNC(=O)[C@H]2CC[C@@H](OC)[C@H](NC3CCOCC3)C2)cc1F. The molecule has 28 heavy (non-hydrogen) atoms. The van der Waals surface area contributed by atoms with Gasteiger partial charge in [0.25, 0.3) is 0 Å². The zero-order valence-electron chi connectivity index (χ0n) is 16.7. The molecular formula is C21H31FN2O4. The first-order valence-electron chi connectivity index (χ1n) is 10.1. The van der Waals surface area contributed by atoms with Gasteiger partial charge in [0.1, 0.15) is 0 Å². The summed E-state index contributed by atoms with van der Waals surface area (Å²) >= 11 is 0. The first kappa shape index (κ1) is 21.0. The summed E-state index contributed by atoms with van der Waals surface area (Å²) in [5, 5.41) is 6.64. The van der Waals surface area contributed by atoms with Gasteiger partial charge in [-0.2, -0.15) is 0 Å². The van der Waals surface area contributed by atoms with Crippen LogP contribution in [0.1, 0.15) is 37.7 Å². The van der Waals surface area contributed by atoms with Gasteiger partial charge in [-0.05, 0) is 49.8 Å². The maximum Gasteiger partial charge on any atom is 0.223 e. The average Bonchev–Trinajstić information content (AvgIpc) is 2.73. The first-order chi connectivity index (χ1) is 13.6. The summed E-state index contributed by atoms with van der Waals surface area (Å²) in [4.78, 5) is 12.7. The largest absolute Gasteiger partial charge is 0.494 e. The number of carbonyl (C=O) groups excluding carboxylic acids is 1. The Labute approximate surface area is 166 Å². The Hall–Kier alpha value is -1.70. The predicted octanol–water partition coefficient (Wildman–Crippen LogP) is 2.40. The smallest absolute Gasteiger partial charge is 0.223 e. The van der Waals surface area contributed by atoms with Crippen LogP contribution in [0.5, 0.6) is 5.75 Å². The number of halogens is 1. The summed E-state index contributed by atoms with van der Waals surface area (Å²) in [7, 11) is 3.17. The second-order valence-electron chi connectivity index (χ2n) is 7.63. The Balaban J connectivity index is 1.53. The molecule has 1 aliphatic heterocycles. The Morgan fingerprint density at radius 3 is 2.68 bits per heavy atom. The summed E-state index contributed by atoms with van der Waals surface area (Å²) in [6.45, 7) is 1.87. The third-order valence-corrected chi connectivity index (χ3v) is 5.81. The molecule has 1 aromatic rings. The Morgan fingerprint density at radius 1 is 1.21 bits per heavy atom. The maximum atomic E-state index is 13.8. The van der Waals surface area contributed by atoms with Crippen molar-refractivity contribution in [2.75, 3.05) is 27.4 Å². The number of methoxy groups -OCH3 is 2. The van der Waals surface area contributed by atoms with Crippen molar-refractivity contribution < 1.29 is 23.4 Å². The molecule has 0 bridgehead atoms. The number of rotatable bonds is 7. The van der Waals surface area contributed by atoms with Crippen molar-refractivity contribution in [1.29, 1.82) is 0 Å². The second kappa shape index (κ2) is 10.2. The van der Waals surface area contributed by atoms with E-state index in [0.29, 0.717) is 18.2 Å². The number of hydrogen-bond donors (Lipinski definition) is 2. The molecule has 1 heterocycles. The summed E-state index contributed by atoms with van der Waals surface area (Å²) in [5.74, 6) is -0.262. The van der Waals surface area contributed by atoms with Crippen molar-refractivity contribution in [2.45, 2.75) is 56.8 Å². The van der Waals surface area contributed by atoms with Crippen molar-refractivity contribution in [2.24, 2.45) is 5.92 Å². The lowest BCUT2D eigenvalue weighted by molar-refractivity contribution is -0.127. The van der Waals surface area contributed by atoms with Crippen molar-refractivity contribution in [1.82, 2.24) is 10.6 Å². The van der Waals surface area contributed by atoms with Crippen LogP contribution in [-0.4, -0.2) is 51.5 Å². The minimum Gasteiger partial charge on any atom is -0.494 e. The molecular weight excluding hydrogens is 363 g/mol. The van der Waals surface area contributed by atoms with Gasteiger partial charge in [-0.3, -0.25) is 4.79 Å². The van der Waals surface area contributed by atoms with Gasteiger partial charge in [-0.15, -0.1) is 0 Å². The molecule has 3 atom stereocenters. The van der Waals surface area contributed by atoms with Crippen LogP contribution in [0.4, 0.5) is 4.39 Å². The fraction of sp³-hybridized carbons (Fsp3) is 0.667. The highest BCUT2D eigenvalue weighted by atomic mass is 19.1. The van der Waals surface area contributed by atoms with E-state index in [0.717, 1.165) is 45.3 Å². The normalized spacial score (nSPS) is 26.0. The van der Waals surface area contributed by atoms with Crippen molar-refractivity contribution in [3.05, 3.63) is 29.6 Å². The lowest BCUT2D eigenvalue weighted by atomic mass is 9.82. The monoisotopic (exact) mass is 394 g/mol. The zero-order chi connectivity index (χ0) is 19.9.